The number of amides is 1. The number of hydrogen-bond acceptors (Lipinski definition) is 8. The molecule has 3 aromatic rings. The molecule has 33 heavy (non-hydrogen) atoms. The van der Waals surface area contributed by atoms with Gasteiger partial charge in [0.05, 0.1) is 19.9 Å². The lowest BCUT2D eigenvalue weighted by atomic mass is 10.0. The van der Waals surface area contributed by atoms with Crippen LogP contribution >= 0.6 is 11.3 Å². The number of nitrogens with one attached hydrogen (secondary N) is 2. The first-order valence-corrected chi connectivity index (χ1v) is 11.2. The Kier molecular flexibility index (Phi) is 8.26. The number of rotatable bonds is 10. The number of benzene rings is 2. The normalized spacial score (nSPS) is 11.5. The number of esters is 1. The summed E-state index contributed by atoms with van der Waals surface area (Å²) in [7, 11) is 3.01. The van der Waals surface area contributed by atoms with E-state index in [1.54, 1.807) is 18.2 Å². The summed E-state index contributed by atoms with van der Waals surface area (Å²) in [5, 5.41) is 8.49. The van der Waals surface area contributed by atoms with Gasteiger partial charge in [-0.1, -0.05) is 32.0 Å². The van der Waals surface area contributed by atoms with Gasteiger partial charge < -0.3 is 24.8 Å². The minimum atomic E-state index is -0.824. The monoisotopic (exact) mass is 469 g/mol. The van der Waals surface area contributed by atoms with Gasteiger partial charge in [0.2, 0.25) is 0 Å². The van der Waals surface area contributed by atoms with Gasteiger partial charge in [-0.05, 0) is 30.2 Å². The molecule has 2 aromatic carbocycles. The van der Waals surface area contributed by atoms with Crippen molar-refractivity contribution >= 4 is 34.0 Å². The van der Waals surface area contributed by atoms with Gasteiger partial charge >= 0.3 is 5.97 Å². The van der Waals surface area contributed by atoms with Crippen molar-refractivity contribution in [2.24, 2.45) is 5.92 Å². The molecule has 2 N–H and O–H groups in total. The van der Waals surface area contributed by atoms with Gasteiger partial charge in [-0.15, -0.1) is 11.3 Å². The highest BCUT2D eigenvalue weighted by atomic mass is 32.1. The molecule has 0 saturated heterocycles. The van der Waals surface area contributed by atoms with Crippen LogP contribution in [0.5, 0.6) is 11.5 Å². The van der Waals surface area contributed by atoms with E-state index in [1.807, 2.05) is 49.6 Å². The third-order valence-corrected chi connectivity index (χ3v) is 5.57. The van der Waals surface area contributed by atoms with Crippen LogP contribution < -0.4 is 20.1 Å². The molecular weight excluding hydrogens is 442 g/mol. The molecular formula is C24H27N3O5S. The van der Waals surface area contributed by atoms with Crippen LogP contribution in [0.2, 0.25) is 0 Å². The summed E-state index contributed by atoms with van der Waals surface area (Å²) in [6.07, 6.45) is 0. The van der Waals surface area contributed by atoms with E-state index >= 15 is 0 Å². The van der Waals surface area contributed by atoms with Gasteiger partial charge in [0, 0.05) is 22.7 Å². The van der Waals surface area contributed by atoms with Crippen LogP contribution in [-0.2, 0) is 16.1 Å². The van der Waals surface area contributed by atoms with Crippen molar-refractivity contribution in [3.8, 4) is 11.5 Å². The summed E-state index contributed by atoms with van der Waals surface area (Å²) in [4.78, 5) is 30.0. The number of methoxy groups -OCH3 is 2. The van der Waals surface area contributed by atoms with Gasteiger partial charge in [0.1, 0.15) is 24.1 Å². The highest BCUT2D eigenvalue weighted by Crippen LogP contribution is 2.23. The number of nitrogens with zero attached hydrogens (tertiary/aromatic N) is 1. The molecule has 0 radical (unpaired) electrons. The average molecular weight is 470 g/mol. The summed E-state index contributed by atoms with van der Waals surface area (Å²) in [5.41, 5.74) is 1.87. The fourth-order valence-electron chi connectivity index (χ4n) is 2.97. The molecule has 9 heteroatoms. The van der Waals surface area contributed by atoms with Crippen molar-refractivity contribution in [2.45, 2.75) is 26.5 Å². The molecule has 0 aliphatic heterocycles. The summed E-state index contributed by atoms with van der Waals surface area (Å²) in [6, 6.07) is 13.7. The summed E-state index contributed by atoms with van der Waals surface area (Å²) < 4.78 is 15.9. The van der Waals surface area contributed by atoms with E-state index in [4.69, 9.17) is 14.2 Å². The Hall–Kier alpha value is -3.59. The highest BCUT2D eigenvalue weighted by Gasteiger charge is 2.27. The first-order chi connectivity index (χ1) is 15.9. The molecule has 0 spiro atoms. The molecule has 3 rings (SSSR count). The number of aromatic nitrogens is 1. The van der Waals surface area contributed by atoms with E-state index in [-0.39, 0.29) is 12.5 Å². The van der Waals surface area contributed by atoms with Gasteiger partial charge in [-0.25, -0.2) is 9.78 Å². The Morgan fingerprint density at radius 3 is 2.30 bits per heavy atom. The van der Waals surface area contributed by atoms with E-state index in [1.165, 1.54) is 25.6 Å². The predicted octanol–water partition coefficient (Wildman–Crippen LogP) is 4.40. The van der Waals surface area contributed by atoms with Crippen molar-refractivity contribution in [1.82, 2.24) is 10.3 Å². The fourth-order valence-corrected chi connectivity index (χ4v) is 3.69. The topological polar surface area (TPSA) is 98.8 Å². The molecule has 1 heterocycles. The Balaban J connectivity index is 1.61. The van der Waals surface area contributed by atoms with Crippen LogP contribution in [-0.4, -0.2) is 37.1 Å². The van der Waals surface area contributed by atoms with Crippen molar-refractivity contribution < 1.29 is 23.8 Å². The zero-order valence-corrected chi connectivity index (χ0v) is 19.8. The van der Waals surface area contributed by atoms with Crippen molar-refractivity contribution in [3.05, 3.63) is 65.2 Å². The van der Waals surface area contributed by atoms with Crippen LogP contribution in [0.1, 0.15) is 29.9 Å². The van der Waals surface area contributed by atoms with Gasteiger partial charge in [-0.3, -0.25) is 4.79 Å². The number of ether oxygens (including phenoxy) is 3. The summed E-state index contributed by atoms with van der Waals surface area (Å²) >= 11 is 1.42. The number of anilines is 2. The van der Waals surface area contributed by atoms with Crippen LogP contribution in [0.4, 0.5) is 10.8 Å². The lowest BCUT2D eigenvalue weighted by Crippen LogP contribution is -2.45. The second kappa shape index (κ2) is 11.3. The van der Waals surface area contributed by atoms with E-state index in [0.717, 1.165) is 5.69 Å². The Morgan fingerprint density at radius 2 is 1.70 bits per heavy atom. The van der Waals surface area contributed by atoms with Crippen molar-refractivity contribution in [2.75, 3.05) is 19.5 Å². The molecule has 8 nitrogen and oxygen atoms in total. The standard InChI is InChI=1S/C24H27N3O5S/c1-15(2)21(27-22(28)16-10-19(30-3)12-20(11-16)31-4)23(29)32-13-18-14-33-24(26-18)25-17-8-6-5-7-9-17/h5-12,14-15,21H,13H2,1-4H3,(H,25,26)(H,27,28)/t21-/m0/s1. The number of para-hydroxylation sites is 1. The Labute approximate surface area is 196 Å². The Bertz CT molecular complexity index is 1060. The molecule has 0 aliphatic carbocycles. The second-order valence-corrected chi connectivity index (χ2v) is 8.40. The van der Waals surface area contributed by atoms with E-state index in [9.17, 15) is 9.59 Å². The van der Waals surface area contributed by atoms with Gasteiger partial charge in [0.25, 0.3) is 5.91 Å². The van der Waals surface area contributed by atoms with E-state index in [2.05, 4.69) is 15.6 Å². The molecule has 1 aromatic heterocycles. The van der Waals surface area contributed by atoms with Crippen LogP contribution in [0.3, 0.4) is 0 Å². The number of thiazole rings is 1. The maximum atomic E-state index is 12.8. The Morgan fingerprint density at radius 1 is 1.03 bits per heavy atom. The van der Waals surface area contributed by atoms with E-state index in [0.29, 0.717) is 27.9 Å². The maximum absolute atomic E-state index is 12.8. The van der Waals surface area contributed by atoms with E-state index < -0.39 is 17.9 Å². The molecule has 174 valence electrons. The van der Waals surface area contributed by atoms with Crippen LogP contribution in [0, 0.1) is 5.92 Å². The zero-order valence-electron chi connectivity index (χ0n) is 19.0. The lowest BCUT2D eigenvalue weighted by molar-refractivity contribution is -0.148. The lowest BCUT2D eigenvalue weighted by Gasteiger charge is -2.21. The summed E-state index contributed by atoms with van der Waals surface area (Å²) in [6.45, 7) is 3.68. The minimum Gasteiger partial charge on any atom is -0.497 e. The van der Waals surface area contributed by atoms with Gasteiger partial charge in [-0.2, -0.15) is 0 Å². The number of hydrogen-bond donors (Lipinski definition) is 2. The molecule has 1 amide bonds. The van der Waals surface area contributed by atoms with Crippen LogP contribution in [0.15, 0.2) is 53.9 Å². The SMILES string of the molecule is COc1cc(OC)cc(C(=O)N[C@H](C(=O)OCc2csc(Nc3ccccc3)n2)C(C)C)c1. The zero-order chi connectivity index (χ0) is 23.8. The minimum absolute atomic E-state index is 0.0118. The highest BCUT2D eigenvalue weighted by molar-refractivity contribution is 7.13. The summed E-state index contributed by atoms with van der Waals surface area (Å²) in [5.74, 6) is -0.178. The molecule has 0 bridgehead atoms. The third-order valence-electron chi connectivity index (χ3n) is 4.76. The smallest absolute Gasteiger partial charge is 0.329 e. The van der Waals surface area contributed by atoms with Gasteiger partial charge in [0.15, 0.2) is 5.13 Å². The molecule has 0 saturated carbocycles. The predicted molar refractivity (Wildman–Crippen MR) is 127 cm³/mol. The quantitative estimate of drug-likeness (QED) is 0.425. The molecule has 0 fully saturated rings. The van der Waals surface area contributed by atoms with Crippen molar-refractivity contribution in [1.29, 1.82) is 0 Å². The maximum Gasteiger partial charge on any atom is 0.329 e. The fraction of sp³-hybridized carbons (Fsp3) is 0.292. The third kappa shape index (κ3) is 6.69. The van der Waals surface area contributed by atoms with Crippen LogP contribution in [0.25, 0.3) is 0 Å². The largest absolute Gasteiger partial charge is 0.497 e. The molecule has 1 atom stereocenters. The van der Waals surface area contributed by atoms with Crippen molar-refractivity contribution in [3.63, 3.8) is 0 Å². The molecule has 0 unspecified atom stereocenters. The first-order valence-electron chi connectivity index (χ1n) is 10.4. The average Bonchev–Trinajstić information content (AvgIpc) is 3.28. The second-order valence-electron chi connectivity index (χ2n) is 7.54. The first kappa shape index (κ1) is 24.1. The number of carbonyl (C=O) groups excluding carboxylic acids is 2. The molecule has 0 aliphatic rings. The number of carbonyl (C=O) groups is 2.